The van der Waals surface area contributed by atoms with Crippen LogP contribution in [0.3, 0.4) is 0 Å². The normalized spacial score (nSPS) is 12.6. The minimum atomic E-state index is -0.830. The Kier molecular flexibility index (Phi) is 5.59. The van der Waals surface area contributed by atoms with Crippen LogP contribution in [0.15, 0.2) is 23.0 Å². The Labute approximate surface area is 134 Å². The Morgan fingerprint density at radius 3 is 2.48 bits per heavy atom. The SMILES string of the molecule is COc1cc2cc(CN(C)C[C@H](O)CO)c(=O)[nH]c2cc1OC. The first-order valence-electron chi connectivity index (χ1n) is 7.24. The predicted molar refractivity (Wildman–Crippen MR) is 87.1 cm³/mol. The molecule has 7 nitrogen and oxygen atoms in total. The van der Waals surface area contributed by atoms with Gasteiger partial charge in [0.1, 0.15) is 0 Å². The standard InChI is InChI=1S/C16H22N2O5/c1-18(8-12(20)9-19)7-11-4-10-5-14(22-2)15(23-3)6-13(10)17-16(11)21/h4-6,12,19-20H,7-9H2,1-3H3,(H,17,21)/t12-/m0/s1. The molecule has 0 unspecified atom stereocenters. The van der Waals surface area contributed by atoms with Crippen LogP contribution < -0.4 is 15.0 Å². The minimum absolute atomic E-state index is 0.199. The summed E-state index contributed by atoms with van der Waals surface area (Å²) in [6, 6.07) is 5.31. The summed E-state index contributed by atoms with van der Waals surface area (Å²) in [5.41, 5.74) is 1.03. The lowest BCUT2D eigenvalue weighted by molar-refractivity contribution is 0.0647. The maximum atomic E-state index is 12.2. The topological polar surface area (TPSA) is 95.0 Å². The number of pyridine rings is 1. The third-order valence-electron chi connectivity index (χ3n) is 3.60. The highest BCUT2D eigenvalue weighted by atomic mass is 16.5. The van der Waals surface area contributed by atoms with Crippen LogP contribution in [0.4, 0.5) is 0 Å². The molecule has 7 heteroatoms. The summed E-state index contributed by atoms with van der Waals surface area (Å²) in [4.78, 5) is 16.8. The highest BCUT2D eigenvalue weighted by molar-refractivity contribution is 5.83. The molecule has 1 atom stereocenters. The van der Waals surface area contributed by atoms with E-state index in [1.165, 1.54) is 7.11 Å². The van der Waals surface area contributed by atoms with Gasteiger partial charge in [0.2, 0.25) is 0 Å². The largest absolute Gasteiger partial charge is 0.493 e. The van der Waals surface area contributed by atoms with E-state index in [-0.39, 0.29) is 18.7 Å². The second-order valence-corrected chi connectivity index (χ2v) is 5.45. The molecule has 1 aromatic heterocycles. The van der Waals surface area contributed by atoms with Crippen LogP contribution in [0.5, 0.6) is 11.5 Å². The van der Waals surface area contributed by atoms with E-state index in [0.717, 1.165) is 5.39 Å². The maximum absolute atomic E-state index is 12.2. The van der Waals surface area contributed by atoms with Crippen LogP contribution >= 0.6 is 0 Å². The Bertz CT molecular complexity index is 728. The van der Waals surface area contributed by atoms with Crippen LogP contribution in [0.2, 0.25) is 0 Å². The molecule has 1 aromatic carbocycles. The number of rotatable bonds is 7. The van der Waals surface area contributed by atoms with Crippen LogP contribution in [0.25, 0.3) is 10.9 Å². The van der Waals surface area contributed by atoms with Crippen LogP contribution in [0.1, 0.15) is 5.56 Å². The zero-order valence-corrected chi connectivity index (χ0v) is 13.5. The zero-order chi connectivity index (χ0) is 17.0. The van der Waals surface area contributed by atoms with Gasteiger partial charge in [-0.3, -0.25) is 9.69 Å². The fourth-order valence-electron chi connectivity index (χ4n) is 2.47. The van der Waals surface area contributed by atoms with Crippen molar-refractivity contribution in [2.24, 2.45) is 0 Å². The molecule has 0 saturated carbocycles. The summed E-state index contributed by atoms with van der Waals surface area (Å²) in [6.45, 7) is 0.325. The van der Waals surface area contributed by atoms with Gasteiger partial charge in [-0.25, -0.2) is 0 Å². The summed E-state index contributed by atoms with van der Waals surface area (Å²) < 4.78 is 10.5. The van der Waals surface area contributed by atoms with E-state index in [1.807, 2.05) is 0 Å². The number of hydrogen-bond donors (Lipinski definition) is 3. The molecular weight excluding hydrogens is 300 g/mol. The predicted octanol–water partition coefficient (Wildman–Crippen LogP) is 0.330. The number of benzene rings is 1. The second-order valence-electron chi connectivity index (χ2n) is 5.45. The molecule has 0 saturated heterocycles. The Morgan fingerprint density at radius 1 is 1.22 bits per heavy atom. The van der Waals surface area contributed by atoms with Crippen molar-refractivity contribution in [1.82, 2.24) is 9.88 Å². The number of hydrogen-bond acceptors (Lipinski definition) is 6. The number of H-pyrrole nitrogens is 1. The quantitative estimate of drug-likeness (QED) is 0.680. The van der Waals surface area contributed by atoms with Gasteiger partial charge in [0.15, 0.2) is 11.5 Å². The van der Waals surface area contributed by atoms with E-state index in [4.69, 9.17) is 14.6 Å². The molecule has 3 N–H and O–H groups in total. The molecule has 0 aliphatic rings. The fraction of sp³-hybridized carbons (Fsp3) is 0.438. The molecule has 1 heterocycles. The van der Waals surface area contributed by atoms with Gasteiger partial charge in [-0.15, -0.1) is 0 Å². The smallest absolute Gasteiger partial charge is 0.252 e. The van der Waals surface area contributed by atoms with Crippen molar-refractivity contribution in [2.45, 2.75) is 12.6 Å². The first-order chi connectivity index (χ1) is 11.0. The molecule has 2 rings (SSSR count). The monoisotopic (exact) mass is 322 g/mol. The van der Waals surface area contributed by atoms with E-state index < -0.39 is 6.10 Å². The number of methoxy groups -OCH3 is 2. The van der Waals surface area contributed by atoms with Gasteiger partial charge in [0.25, 0.3) is 5.56 Å². The summed E-state index contributed by atoms with van der Waals surface area (Å²) in [7, 11) is 4.87. The van der Waals surface area contributed by atoms with E-state index in [2.05, 4.69) is 4.98 Å². The molecule has 2 aromatic rings. The third kappa shape index (κ3) is 4.01. The highest BCUT2D eigenvalue weighted by Gasteiger charge is 2.12. The lowest BCUT2D eigenvalue weighted by atomic mass is 10.1. The minimum Gasteiger partial charge on any atom is -0.493 e. The summed E-state index contributed by atoms with van der Waals surface area (Å²) in [5, 5.41) is 19.2. The Balaban J connectivity index is 2.35. The molecule has 0 aliphatic carbocycles. The number of likely N-dealkylation sites (N-methyl/N-ethyl adjacent to an activating group) is 1. The summed E-state index contributed by atoms with van der Waals surface area (Å²) >= 11 is 0. The fourth-order valence-corrected chi connectivity index (χ4v) is 2.47. The van der Waals surface area contributed by atoms with Crippen molar-refractivity contribution in [3.8, 4) is 11.5 Å². The number of nitrogens with one attached hydrogen (secondary N) is 1. The number of nitrogens with zero attached hydrogens (tertiary/aromatic N) is 1. The van der Waals surface area contributed by atoms with Crippen LogP contribution in [0, 0.1) is 0 Å². The van der Waals surface area contributed by atoms with Gasteiger partial charge in [0, 0.05) is 30.1 Å². The number of aromatic nitrogens is 1. The lowest BCUT2D eigenvalue weighted by Gasteiger charge is -2.19. The first kappa shape index (κ1) is 17.3. The van der Waals surface area contributed by atoms with E-state index in [9.17, 15) is 9.90 Å². The molecule has 0 amide bonds. The van der Waals surface area contributed by atoms with E-state index in [1.54, 1.807) is 37.3 Å². The van der Waals surface area contributed by atoms with Crippen LogP contribution in [-0.4, -0.2) is 60.6 Å². The average Bonchev–Trinajstić information content (AvgIpc) is 2.54. The van der Waals surface area contributed by atoms with E-state index >= 15 is 0 Å². The summed E-state index contributed by atoms with van der Waals surface area (Å²) in [5.74, 6) is 1.13. The zero-order valence-electron chi connectivity index (χ0n) is 13.5. The molecule has 0 fully saturated rings. The van der Waals surface area contributed by atoms with Gasteiger partial charge in [-0.05, 0) is 19.2 Å². The summed E-state index contributed by atoms with van der Waals surface area (Å²) in [6.07, 6.45) is -0.830. The second kappa shape index (κ2) is 7.45. The molecule has 126 valence electrons. The molecule has 0 aliphatic heterocycles. The van der Waals surface area contributed by atoms with Crippen molar-refractivity contribution in [3.63, 3.8) is 0 Å². The molecule has 23 heavy (non-hydrogen) atoms. The Morgan fingerprint density at radius 2 is 1.87 bits per heavy atom. The average molecular weight is 322 g/mol. The Hall–Kier alpha value is -2.09. The van der Waals surface area contributed by atoms with Crippen LogP contribution in [-0.2, 0) is 6.54 Å². The van der Waals surface area contributed by atoms with Gasteiger partial charge in [-0.2, -0.15) is 0 Å². The number of ether oxygens (including phenoxy) is 2. The number of aliphatic hydroxyl groups excluding tert-OH is 2. The van der Waals surface area contributed by atoms with E-state index in [0.29, 0.717) is 29.1 Å². The van der Waals surface area contributed by atoms with Crippen molar-refractivity contribution in [3.05, 3.63) is 34.1 Å². The maximum Gasteiger partial charge on any atom is 0.252 e. The first-order valence-corrected chi connectivity index (χ1v) is 7.24. The molecule has 0 spiro atoms. The van der Waals surface area contributed by atoms with Gasteiger partial charge >= 0.3 is 0 Å². The van der Waals surface area contributed by atoms with Gasteiger partial charge in [-0.1, -0.05) is 0 Å². The lowest BCUT2D eigenvalue weighted by Crippen LogP contribution is -2.32. The molecular formula is C16H22N2O5. The molecule has 0 bridgehead atoms. The number of aromatic amines is 1. The number of fused-ring (bicyclic) bond motifs is 1. The van der Waals surface area contributed by atoms with Crippen molar-refractivity contribution >= 4 is 10.9 Å². The van der Waals surface area contributed by atoms with Gasteiger partial charge < -0.3 is 24.7 Å². The highest BCUT2D eigenvalue weighted by Crippen LogP contribution is 2.31. The van der Waals surface area contributed by atoms with Crippen molar-refractivity contribution in [2.75, 3.05) is 34.4 Å². The van der Waals surface area contributed by atoms with Crippen molar-refractivity contribution < 1.29 is 19.7 Å². The third-order valence-corrected chi connectivity index (χ3v) is 3.60. The van der Waals surface area contributed by atoms with Gasteiger partial charge in [0.05, 0.1) is 32.4 Å². The van der Waals surface area contributed by atoms with Crippen molar-refractivity contribution in [1.29, 1.82) is 0 Å². The molecule has 0 radical (unpaired) electrons. The number of aliphatic hydroxyl groups is 2.